The molecule has 32 heavy (non-hydrogen) atoms. The number of amides is 1. The third-order valence-corrected chi connectivity index (χ3v) is 5.46. The number of anilines is 1. The number of carbonyl (C=O) groups excluding carboxylic acids is 1. The smallest absolute Gasteiger partial charge is 0.281 e. The number of nitrogens with zero attached hydrogens (tertiary/aromatic N) is 1. The van der Waals surface area contributed by atoms with E-state index in [0.717, 1.165) is 22.4 Å². The van der Waals surface area contributed by atoms with E-state index >= 15 is 0 Å². The second-order valence-electron chi connectivity index (χ2n) is 7.29. The molecule has 1 N–H and O–H groups in total. The van der Waals surface area contributed by atoms with Crippen molar-refractivity contribution in [3.8, 4) is 11.5 Å². The summed E-state index contributed by atoms with van der Waals surface area (Å²) in [5.41, 5.74) is 3.85. The predicted molar refractivity (Wildman–Crippen MR) is 131 cm³/mol. The number of hydrogen-bond donors (Lipinski definition) is 1. The van der Waals surface area contributed by atoms with Crippen LogP contribution in [0.25, 0.3) is 6.08 Å². The Hall–Kier alpha value is -3.35. The number of halogens is 1. The molecule has 1 heterocycles. The normalized spacial score (nSPS) is 14.6. The highest BCUT2D eigenvalue weighted by molar-refractivity contribution is 7.80. The van der Waals surface area contributed by atoms with Gasteiger partial charge in [0.05, 0.1) is 12.8 Å². The van der Waals surface area contributed by atoms with Gasteiger partial charge in [0.1, 0.15) is 23.8 Å². The highest BCUT2D eigenvalue weighted by Gasteiger charge is 2.32. The molecular formula is C25H21ClN2O3S. The zero-order valence-electron chi connectivity index (χ0n) is 17.6. The maximum absolute atomic E-state index is 13.0. The standard InChI is InChI=1S/C25H21ClN2O3S/c1-16-5-3-7-20(11-16)28-24(29)22(27-25(28)32)13-17-9-10-23(30-2)18(12-17)15-31-21-8-4-6-19(26)14-21/h3-14H,15H2,1-2H3,(H,27,32)/b22-13+. The first-order valence-corrected chi connectivity index (χ1v) is 10.7. The molecule has 3 aromatic carbocycles. The first-order chi connectivity index (χ1) is 15.4. The summed E-state index contributed by atoms with van der Waals surface area (Å²) in [6.45, 7) is 2.26. The summed E-state index contributed by atoms with van der Waals surface area (Å²) in [7, 11) is 1.61. The average molecular weight is 465 g/mol. The van der Waals surface area contributed by atoms with E-state index in [1.807, 2.05) is 61.5 Å². The second-order valence-corrected chi connectivity index (χ2v) is 8.11. The van der Waals surface area contributed by atoms with E-state index in [1.54, 1.807) is 25.3 Å². The molecule has 1 fully saturated rings. The molecular weight excluding hydrogens is 444 g/mol. The molecule has 1 aliphatic rings. The van der Waals surface area contributed by atoms with Crippen LogP contribution >= 0.6 is 23.8 Å². The third kappa shape index (κ3) is 4.77. The quantitative estimate of drug-likeness (QED) is 0.385. The first-order valence-electron chi connectivity index (χ1n) is 9.93. The summed E-state index contributed by atoms with van der Waals surface area (Å²) in [5, 5.41) is 3.98. The number of thiocarbonyl (C=S) groups is 1. The van der Waals surface area contributed by atoms with Crippen LogP contribution in [0, 0.1) is 6.92 Å². The van der Waals surface area contributed by atoms with E-state index in [4.69, 9.17) is 33.3 Å². The number of carbonyl (C=O) groups is 1. The zero-order valence-corrected chi connectivity index (χ0v) is 19.2. The van der Waals surface area contributed by atoms with Crippen molar-refractivity contribution in [2.24, 2.45) is 0 Å². The van der Waals surface area contributed by atoms with Crippen molar-refractivity contribution in [3.05, 3.63) is 94.1 Å². The van der Waals surface area contributed by atoms with Gasteiger partial charge in [-0.05, 0) is 78.8 Å². The molecule has 0 aliphatic carbocycles. The Balaban J connectivity index is 1.57. The Morgan fingerprint density at radius 2 is 1.91 bits per heavy atom. The molecule has 1 saturated heterocycles. The van der Waals surface area contributed by atoms with Crippen LogP contribution in [0.2, 0.25) is 5.02 Å². The maximum Gasteiger partial charge on any atom is 0.281 e. The van der Waals surface area contributed by atoms with Crippen molar-refractivity contribution in [3.63, 3.8) is 0 Å². The lowest BCUT2D eigenvalue weighted by atomic mass is 10.1. The van der Waals surface area contributed by atoms with Crippen LogP contribution in [0.4, 0.5) is 5.69 Å². The molecule has 0 aromatic heterocycles. The summed E-state index contributed by atoms with van der Waals surface area (Å²) in [6.07, 6.45) is 1.77. The molecule has 4 rings (SSSR count). The van der Waals surface area contributed by atoms with Gasteiger partial charge in [-0.2, -0.15) is 0 Å². The highest BCUT2D eigenvalue weighted by Crippen LogP contribution is 2.27. The summed E-state index contributed by atoms with van der Waals surface area (Å²) in [5.74, 6) is 1.15. The minimum atomic E-state index is -0.201. The van der Waals surface area contributed by atoms with Crippen molar-refractivity contribution in [1.82, 2.24) is 5.32 Å². The molecule has 0 bridgehead atoms. The maximum atomic E-state index is 13.0. The largest absolute Gasteiger partial charge is 0.496 e. The van der Waals surface area contributed by atoms with E-state index in [1.165, 1.54) is 4.90 Å². The van der Waals surface area contributed by atoms with Crippen LogP contribution in [-0.2, 0) is 11.4 Å². The van der Waals surface area contributed by atoms with Crippen molar-refractivity contribution >= 4 is 46.6 Å². The summed E-state index contributed by atoms with van der Waals surface area (Å²) < 4.78 is 11.3. The van der Waals surface area contributed by atoms with Crippen LogP contribution in [0.1, 0.15) is 16.7 Å². The highest BCUT2D eigenvalue weighted by atomic mass is 35.5. The lowest BCUT2D eigenvalue weighted by molar-refractivity contribution is -0.113. The van der Waals surface area contributed by atoms with Crippen LogP contribution in [0.15, 0.2) is 72.4 Å². The van der Waals surface area contributed by atoms with E-state index in [0.29, 0.717) is 27.3 Å². The minimum absolute atomic E-state index is 0.201. The summed E-state index contributed by atoms with van der Waals surface area (Å²) in [6, 6.07) is 20.5. The van der Waals surface area contributed by atoms with Gasteiger partial charge in [-0.1, -0.05) is 35.9 Å². The second kappa shape index (κ2) is 9.42. The van der Waals surface area contributed by atoms with Gasteiger partial charge < -0.3 is 14.8 Å². The van der Waals surface area contributed by atoms with E-state index in [9.17, 15) is 4.79 Å². The number of methoxy groups -OCH3 is 1. The van der Waals surface area contributed by atoms with E-state index in [-0.39, 0.29) is 12.5 Å². The van der Waals surface area contributed by atoms with Crippen molar-refractivity contribution < 1.29 is 14.3 Å². The molecule has 3 aromatic rings. The first kappa shape index (κ1) is 21.9. The molecule has 1 amide bonds. The van der Waals surface area contributed by atoms with Crippen LogP contribution < -0.4 is 19.7 Å². The van der Waals surface area contributed by atoms with Gasteiger partial charge >= 0.3 is 0 Å². The SMILES string of the molecule is COc1ccc(/C=C2/NC(=S)N(c3cccc(C)c3)C2=O)cc1COc1cccc(Cl)c1. The van der Waals surface area contributed by atoms with Gasteiger partial charge in [0, 0.05) is 10.6 Å². The fourth-order valence-corrected chi connectivity index (χ4v) is 3.90. The van der Waals surface area contributed by atoms with Gasteiger partial charge in [0.15, 0.2) is 5.11 Å². The van der Waals surface area contributed by atoms with Gasteiger partial charge in [-0.3, -0.25) is 9.69 Å². The Labute approximate surface area is 197 Å². The van der Waals surface area contributed by atoms with Crippen LogP contribution in [-0.4, -0.2) is 18.1 Å². The van der Waals surface area contributed by atoms with Crippen molar-refractivity contribution in [2.45, 2.75) is 13.5 Å². The summed E-state index contributed by atoms with van der Waals surface area (Å²) in [4.78, 5) is 14.5. The fourth-order valence-electron chi connectivity index (χ4n) is 3.42. The van der Waals surface area contributed by atoms with Gasteiger partial charge in [0.25, 0.3) is 5.91 Å². The fraction of sp³-hybridized carbons (Fsp3) is 0.120. The Morgan fingerprint density at radius 3 is 2.66 bits per heavy atom. The predicted octanol–water partition coefficient (Wildman–Crippen LogP) is 5.50. The Morgan fingerprint density at radius 1 is 1.09 bits per heavy atom. The van der Waals surface area contributed by atoms with E-state index < -0.39 is 0 Å². The van der Waals surface area contributed by atoms with Gasteiger partial charge in [-0.15, -0.1) is 0 Å². The summed E-state index contributed by atoms with van der Waals surface area (Å²) >= 11 is 11.4. The Kier molecular flexibility index (Phi) is 6.44. The lowest BCUT2D eigenvalue weighted by Gasteiger charge is -2.14. The topological polar surface area (TPSA) is 50.8 Å². The number of hydrogen-bond acceptors (Lipinski definition) is 4. The molecule has 162 valence electrons. The molecule has 0 radical (unpaired) electrons. The third-order valence-electron chi connectivity index (χ3n) is 4.94. The number of ether oxygens (including phenoxy) is 2. The molecule has 7 heteroatoms. The molecule has 0 spiro atoms. The van der Waals surface area contributed by atoms with Crippen LogP contribution in [0.3, 0.4) is 0 Å². The van der Waals surface area contributed by atoms with Crippen molar-refractivity contribution in [2.75, 3.05) is 12.0 Å². The minimum Gasteiger partial charge on any atom is -0.496 e. The van der Waals surface area contributed by atoms with Crippen LogP contribution in [0.5, 0.6) is 11.5 Å². The van der Waals surface area contributed by atoms with Crippen molar-refractivity contribution in [1.29, 1.82) is 0 Å². The van der Waals surface area contributed by atoms with Gasteiger partial charge in [-0.25, -0.2) is 0 Å². The zero-order chi connectivity index (χ0) is 22.7. The molecule has 0 saturated carbocycles. The molecule has 1 aliphatic heterocycles. The van der Waals surface area contributed by atoms with Gasteiger partial charge in [0.2, 0.25) is 0 Å². The Bertz CT molecular complexity index is 1230. The molecule has 0 atom stereocenters. The number of nitrogens with one attached hydrogen (secondary N) is 1. The molecule has 5 nitrogen and oxygen atoms in total. The number of aryl methyl sites for hydroxylation is 1. The monoisotopic (exact) mass is 464 g/mol. The lowest BCUT2D eigenvalue weighted by Crippen LogP contribution is -2.30. The van der Waals surface area contributed by atoms with E-state index in [2.05, 4.69) is 5.32 Å². The molecule has 0 unspecified atom stereocenters. The number of rotatable bonds is 6. The average Bonchev–Trinajstić information content (AvgIpc) is 3.05. The number of benzene rings is 3.